The van der Waals surface area contributed by atoms with Crippen molar-refractivity contribution < 1.29 is 4.79 Å². The fourth-order valence-electron chi connectivity index (χ4n) is 1.51. The maximum atomic E-state index is 11.8. The van der Waals surface area contributed by atoms with E-state index in [0.717, 1.165) is 17.1 Å². The minimum absolute atomic E-state index is 0.367. The number of nitrogens with one attached hydrogen (secondary N) is 1. The van der Waals surface area contributed by atoms with E-state index in [-0.39, 0.29) is 6.03 Å². The van der Waals surface area contributed by atoms with Crippen LogP contribution in [0.1, 0.15) is 12.5 Å². The molecule has 0 atom stereocenters. The SMILES string of the molecule is CCSCCN(Cc1ccc(Cl)cc1)C(=O)NC#N. The van der Waals surface area contributed by atoms with Crippen molar-refractivity contribution in [1.82, 2.24) is 10.2 Å². The van der Waals surface area contributed by atoms with Crippen molar-refractivity contribution in [3.63, 3.8) is 0 Å². The lowest BCUT2D eigenvalue weighted by atomic mass is 10.2. The summed E-state index contributed by atoms with van der Waals surface area (Å²) >= 11 is 7.58. The van der Waals surface area contributed by atoms with Gasteiger partial charge in [-0.2, -0.15) is 17.0 Å². The second-order valence-electron chi connectivity index (χ2n) is 3.79. The summed E-state index contributed by atoms with van der Waals surface area (Å²) in [5.41, 5.74) is 0.985. The van der Waals surface area contributed by atoms with Gasteiger partial charge in [0.1, 0.15) is 0 Å². The predicted octanol–water partition coefficient (Wildman–Crippen LogP) is 3.09. The van der Waals surface area contributed by atoms with Gasteiger partial charge in [0.05, 0.1) is 0 Å². The van der Waals surface area contributed by atoms with E-state index in [1.165, 1.54) is 0 Å². The fraction of sp³-hybridized carbons (Fsp3) is 0.385. The topological polar surface area (TPSA) is 56.1 Å². The second-order valence-corrected chi connectivity index (χ2v) is 5.62. The monoisotopic (exact) mass is 297 g/mol. The van der Waals surface area contributed by atoms with Gasteiger partial charge in [-0.15, -0.1) is 0 Å². The van der Waals surface area contributed by atoms with E-state index in [9.17, 15) is 4.79 Å². The summed E-state index contributed by atoms with van der Waals surface area (Å²) in [7, 11) is 0. The van der Waals surface area contributed by atoms with Crippen molar-refractivity contribution in [2.45, 2.75) is 13.5 Å². The van der Waals surface area contributed by atoms with E-state index in [4.69, 9.17) is 16.9 Å². The van der Waals surface area contributed by atoms with Gasteiger partial charge in [-0.05, 0) is 23.4 Å². The zero-order valence-electron chi connectivity index (χ0n) is 10.7. The molecule has 1 rings (SSSR count). The Hall–Kier alpha value is -1.38. The average molecular weight is 298 g/mol. The Morgan fingerprint density at radius 3 is 2.74 bits per heavy atom. The molecule has 0 bridgehead atoms. The molecule has 1 aromatic carbocycles. The number of nitrogens with zero attached hydrogens (tertiary/aromatic N) is 2. The van der Waals surface area contributed by atoms with Crippen molar-refractivity contribution in [3.8, 4) is 6.19 Å². The van der Waals surface area contributed by atoms with Crippen molar-refractivity contribution in [2.24, 2.45) is 0 Å². The molecule has 0 spiro atoms. The number of benzene rings is 1. The summed E-state index contributed by atoms with van der Waals surface area (Å²) in [6.45, 7) is 3.15. The number of carbonyl (C=O) groups is 1. The molecule has 0 aliphatic heterocycles. The number of hydrogen-bond donors (Lipinski definition) is 1. The number of halogens is 1. The van der Waals surface area contributed by atoms with Crippen molar-refractivity contribution in [1.29, 1.82) is 5.26 Å². The summed E-state index contributed by atoms with van der Waals surface area (Å²) in [6, 6.07) is 6.97. The molecule has 0 aliphatic carbocycles. The third-order valence-corrected chi connectivity index (χ3v) is 3.58. The number of carbonyl (C=O) groups excluding carboxylic acids is 1. The van der Waals surface area contributed by atoms with Gasteiger partial charge in [-0.25, -0.2) is 10.1 Å². The van der Waals surface area contributed by atoms with Crippen molar-refractivity contribution >= 4 is 29.4 Å². The molecule has 0 fully saturated rings. The quantitative estimate of drug-likeness (QED) is 0.499. The van der Waals surface area contributed by atoms with Gasteiger partial charge in [0.15, 0.2) is 6.19 Å². The Balaban J connectivity index is 2.64. The van der Waals surface area contributed by atoms with Crippen molar-refractivity contribution in [2.75, 3.05) is 18.1 Å². The van der Waals surface area contributed by atoms with Crippen LogP contribution < -0.4 is 5.32 Å². The van der Waals surface area contributed by atoms with Gasteiger partial charge in [-0.1, -0.05) is 30.7 Å². The van der Waals surface area contributed by atoms with Crippen LogP contribution in [0.5, 0.6) is 0 Å². The molecule has 0 saturated heterocycles. The lowest BCUT2D eigenvalue weighted by Gasteiger charge is -2.21. The number of thioether (sulfide) groups is 1. The molecule has 1 aromatic rings. The Labute approximate surface area is 122 Å². The van der Waals surface area contributed by atoms with Crippen LogP contribution in [0.2, 0.25) is 5.02 Å². The van der Waals surface area contributed by atoms with E-state index in [1.807, 2.05) is 12.1 Å². The summed E-state index contributed by atoms with van der Waals surface area (Å²) in [5, 5.41) is 11.4. The van der Waals surface area contributed by atoms with E-state index >= 15 is 0 Å². The maximum Gasteiger partial charge on any atom is 0.330 e. The second kappa shape index (κ2) is 8.68. The highest BCUT2D eigenvalue weighted by Crippen LogP contribution is 2.12. The fourth-order valence-corrected chi connectivity index (χ4v) is 2.27. The van der Waals surface area contributed by atoms with E-state index in [1.54, 1.807) is 35.0 Å². The van der Waals surface area contributed by atoms with Gasteiger partial charge in [0.25, 0.3) is 0 Å². The molecule has 2 amide bonds. The number of amides is 2. The summed E-state index contributed by atoms with van der Waals surface area (Å²) in [5.74, 6) is 1.86. The average Bonchev–Trinajstić information content (AvgIpc) is 2.40. The first-order valence-corrected chi connectivity index (χ1v) is 7.46. The molecule has 0 aromatic heterocycles. The van der Waals surface area contributed by atoms with Crippen LogP contribution in [0.3, 0.4) is 0 Å². The molecule has 4 nitrogen and oxygen atoms in total. The highest BCUT2D eigenvalue weighted by Gasteiger charge is 2.13. The molecule has 19 heavy (non-hydrogen) atoms. The molecular formula is C13H16ClN3OS. The maximum absolute atomic E-state index is 11.8. The summed E-state index contributed by atoms with van der Waals surface area (Å²) < 4.78 is 0. The van der Waals surface area contributed by atoms with Gasteiger partial charge < -0.3 is 4.90 Å². The largest absolute Gasteiger partial charge is 0.330 e. The minimum atomic E-state index is -0.367. The molecule has 0 heterocycles. The van der Waals surface area contributed by atoms with Crippen LogP contribution >= 0.6 is 23.4 Å². The normalized spacial score (nSPS) is 9.74. The Morgan fingerprint density at radius 1 is 1.47 bits per heavy atom. The first kappa shape index (κ1) is 15.7. The Kier molecular flexibility index (Phi) is 7.16. The summed E-state index contributed by atoms with van der Waals surface area (Å²) in [6.07, 6.45) is 1.66. The van der Waals surface area contributed by atoms with Crippen LogP contribution in [0.15, 0.2) is 24.3 Å². The van der Waals surface area contributed by atoms with Crippen LogP contribution in [-0.2, 0) is 6.54 Å². The first-order chi connectivity index (χ1) is 9.17. The number of nitriles is 1. The highest BCUT2D eigenvalue weighted by molar-refractivity contribution is 7.99. The zero-order valence-corrected chi connectivity index (χ0v) is 12.3. The van der Waals surface area contributed by atoms with Gasteiger partial charge in [-0.3, -0.25) is 0 Å². The van der Waals surface area contributed by atoms with E-state index < -0.39 is 0 Å². The molecular weight excluding hydrogens is 282 g/mol. The Bertz CT molecular complexity index is 444. The molecule has 102 valence electrons. The Morgan fingerprint density at radius 2 is 2.16 bits per heavy atom. The van der Waals surface area contributed by atoms with Gasteiger partial charge in [0, 0.05) is 23.9 Å². The molecule has 1 N–H and O–H groups in total. The number of urea groups is 1. The van der Waals surface area contributed by atoms with Crippen LogP contribution in [0, 0.1) is 11.5 Å². The van der Waals surface area contributed by atoms with Crippen molar-refractivity contribution in [3.05, 3.63) is 34.9 Å². The highest BCUT2D eigenvalue weighted by atomic mass is 35.5. The minimum Gasteiger partial charge on any atom is -0.319 e. The molecule has 0 aliphatic rings. The molecule has 0 radical (unpaired) electrons. The standard InChI is InChI=1S/C13H16ClN3OS/c1-2-19-8-7-17(13(18)16-10-15)9-11-3-5-12(14)6-4-11/h3-6H,2,7-9H2,1H3,(H,16,18). The smallest absolute Gasteiger partial charge is 0.319 e. The lowest BCUT2D eigenvalue weighted by molar-refractivity contribution is 0.203. The first-order valence-electron chi connectivity index (χ1n) is 5.93. The molecule has 6 heteroatoms. The van der Waals surface area contributed by atoms with Crippen LogP contribution in [0.4, 0.5) is 4.79 Å². The number of hydrogen-bond acceptors (Lipinski definition) is 3. The van der Waals surface area contributed by atoms with Gasteiger partial charge in [0.2, 0.25) is 0 Å². The molecule has 0 saturated carbocycles. The third-order valence-electron chi connectivity index (χ3n) is 2.45. The predicted molar refractivity (Wildman–Crippen MR) is 79.0 cm³/mol. The van der Waals surface area contributed by atoms with Crippen LogP contribution in [0.25, 0.3) is 0 Å². The summed E-state index contributed by atoms with van der Waals surface area (Å²) in [4.78, 5) is 13.4. The molecule has 0 unspecified atom stereocenters. The number of rotatable bonds is 6. The van der Waals surface area contributed by atoms with Crippen LogP contribution in [-0.4, -0.2) is 29.0 Å². The van der Waals surface area contributed by atoms with E-state index in [0.29, 0.717) is 18.1 Å². The lowest BCUT2D eigenvalue weighted by Crippen LogP contribution is -2.38. The zero-order chi connectivity index (χ0) is 14.1. The third kappa shape index (κ3) is 5.86. The van der Waals surface area contributed by atoms with Gasteiger partial charge >= 0.3 is 6.03 Å². The van der Waals surface area contributed by atoms with E-state index in [2.05, 4.69) is 12.2 Å².